The van der Waals surface area contributed by atoms with Gasteiger partial charge in [0, 0.05) is 15.4 Å². The molecule has 0 radical (unpaired) electrons. The molecule has 0 bridgehead atoms. The van der Waals surface area contributed by atoms with Crippen LogP contribution < -0.4 is 4.74 Å². The van der Waals surface area contributed by atoms with Gasteiger partial charge in [-0.3, -0.25) is 0 Å². The molecule has 0 aromatic heterocycles. The number of aliphatic hydroxyl groups is 1. The summed E-state index contributed by atoms with van der Waals surface area (Å²) in [6.45, 7) is 0.785. The second-order valence-corrected chi connectivity index (χ2v) is 7.03. The van der Waals surface area contributed by atoms with Gasteiger partial charge in [-0.15, -0.1) is 0 Å². The van der Waals surface area contributed by atoms with Crippen molar-refractivity contribution in [2.24, 2.45) is 0 Å². The minimum atomic E-state index is -0.461. The molecule has 0 fully saturated rings. The highest BCUT2D eigenvalue weighted by Gasteiger charge is 2.14. The lowest BCUT2D eigenvalue weighted by atomic mass is 9.99. The Morgan fingerprint density at radius 3 is 2.81 bits per heavy atom. The maximum absolute atomic E-state index is 10.4. The third-order valence-corrected chi connectivity index (χ3v) is 4.96. The average Bonchev–Trinajstić information content (AvgIpc) is 2.92. The maximum Gasteiger partial charge on any atom is 0.122 e. The number of ether oxygens (including phenoxy) is 1. The number of benzene rings is 2. The van der Waals surface area contributed by atoms with Crippen molar-refractivity contribution in [3.05, 3.63) is 62.0 Å². The minimum Gasteiger partial charge on any atom is -0.493 e. The summed E-state index contributed by atoms with van der Waals surface area (Å²) in [5.74, 6) is 1.01. The molecule has 110 valence electrons. The van der Waals surface area contributed by atoms with Crippen LogP contribution in [0.5, 0.6) is 5.75 Å². The first kappa shape index (κ1) is 15.1. The van der Waals surface area contributed by atoms with Gasteiger partial charge in [0.2, 0.25) is 0 Å². The topological polar surface area (TPSA) is 29.5 Å². The molecule has 0 saturated carbocycles. The summed E-state index contributed by atoms with van der Waals surface area (Å²) in [6.07, 6.45) is 2.10. The second-order valence-electron chi connectivity index (χ2n) is 5.26. The fraction of sp³-hybridized carbons (Fsp3) is 0.294. The first-order valence-electron chi connectivity index (χ1n) is 7.01. The number of hydrogen-bond donors (Lipinski definition) is 1. The number of aryl methyl sites for hydroxylation is 1. The number of hydrogen-bond acceptors (Lipinski definition) is 2. The molecule has 0 spiro atoms. The Morgan fingerprint density at radius 1 is 1.14 bits per heavy atom. The van der Waals surface area contributed by atoms with Crippen LogP contribution in [-0.2, 0) is 12.8 Å². The lowest BCUT2D eigenvalue weighted by Gasteiger charge is -2.13. The molecule has 0 aliphatic carbocycles. The molecule has 1 unspecified atom stereocenters. The van der Waals surface area contributed by atoms with Crippen molar-refractivity contribution < 1.29 is 9.84 Å². The smallest absolute Gasteiger partial charge is 0.122 e. The average molecular weight is 412 g/mol. The van der Waals surface area contributed by atoms with E-state index in [0.29, 0.717) is 6.42 Å². The van der Waals surface area contributed by atoms with Gasteiger partial charge >= 0.3 is 0 Å². The molecule has 1 N–H and O–H groups in total. The normalized spacial score (nSPS) is 14.6. The molecule has 2 aromatic rings. The molecule has 0 saturated heterocycles. The Kier molecular flexibility index (Phi) is 4.67. The predicted molar refractivity (Wildman–Crippen MR) is 90.8 cm³/mol. The highest BCUT2D eigenvalue weighted by Crippen LogP contribution is 2.30. The SMILES string of the molecule is OC(CCc1ccc2c(c1)CCO2)c1ccc(Br)cc1Br. The van der Waals surface area contributed by atoms with Crippen LogP contribution in [0, 0.1) is 0 Å². The van der Waals surface area contributed by atoms with E-state index in [0.717, 1.165) is 39.7 Å². The molecule has 3 rings (SSSR count). The minimum absolute atomic E-state index is 0.461. The third-order valence-electron chi connectivity index (χ3n) is 3.78. The van der Waals surface area contributed by atoms with Crippen molar-refractivity contribution >= 4 is 31.9 Å². The number of rotatable bonds is 4. The number of halogens is 2. The zero-order valence-corrected chi connectivity index (χ0v) is 14.7. The Bertz CT molecular complexity index is 655. The van der Waals surface area contributed by atoms with Crippen LogP contribution in [0.2, 0.25) is 0 Å². The van der Waals surface area contributed by atoms with E-state index >= 15 is 0 Å². The molecule has 1 aliphatic heterocycles. The molecule has 21 heavy (non-hydrogen) atoms. The van der Waals surface area contributed by atoms with E-state index in [1.165, 1.54) is 11.1 Å². The van der Waals surface area contributed by atoms with Crippen molar-refractivity contribution in [2.45, 2.75) is 25.4 Å². The monoisotopic (exact) mass is 410 g/mol. The molecule has 0 amide bonds. The predicted octanol–water partition coefficient (Wildman–Crippen LogP) is 4.81. The standard InChI is InChI=1S/C17H16Br2O2/c18-13-3-4-14(15(19)10-13)16(20)5-1-11-2-6-17-12(9-11)7-8-21-17/h2-4,6,9-10,16,20H,1,5,7-8H2. The molecule has 1 atom stereocenters. The Hall–Kier alpha value is -0.840. The van der Waals surface area contributed by atoms with E-state index in [2.05, 4.69) is 44.0 Å². The van der Waals surface area contributed by atoms with Crippen molar-refractivity contribution in [3.8, 4) is 5.75 Å². The lowest BCUT2D eigenvalue weighted by Crippen LogP contribution is -2.01. The summed E-state index contributed by atoms with van der Waals surface area (Å²) in [5.41, 5.74) is 3.47. The van der Waals surface area contributed by atoms with Crippen LogP contribution in [0.15, 0.2) is 45.3 Å². The van der Waals surface area contributed by atoms with E-state index in [9.17, 15) is 5.11 Å². The van der Waals surface area contributed by atoms with Gasteiger partial charge in [-0.25, -0.2) is 0 Å². The zero-order chi connectivity index (χ0) is 14.8. The highest BCUT2D eigenvalue weighted by atomic mass is 79.9. The molecule has 2 aromatic carbocycles. The zero-order valence-electron chi connectivity index (χ0n) is 11.5. The van der Waals surface area contributed by atoms with Crippen LogP contribution in [0.1, 0.15) is 29.2 Å². The first-order chi connectivity index (χ1) is 10.1. The van der Waals surface area contributed by atoms with Gasteiger partial charge < -0.3 is 9.84 Å². The molecule has 1 aliphatic rings. The lowest BCUT2D eigenvalue weighted by molar-refractivity contribution is 0.167. The van der Waals surface area contributed by atoms with Crippen LogP contribution in [0.3, 0.4) is 0 Å². The molecule has 4 heteroatoms. The third kappa shape index (κ3) is 3.50. The number of fused-ring (bicyclic) bond motifs is 1. The molecular formula is C17H16Br2O2. The largest absolute Gasteiger partial charge is 0.493 e. The van der Waals surface area contributed by atoms with Gasteiger partial charge in [0.1, 0.15) is 5.75 Å². The second kappa shape index (κ2) is 6.51. The van der Waals surface area contributed by atoms with Crippen LogP contribution in [0.25, 0.3) is 0 Å². The van der Waals surface area contributed by atoms with Gasteiger partial charge in [0.25, 0.3) is 0 Å². The van der Waals surface area contributed by atoms with Gasteiger partial charge in [-0.2, -0.15) is 0 Å². The van der Waals surface area contributed by atoms with E-state index in [1.54, 1.807) is 0 Å². The van der Waals surface area contributed by atoms with Crippen molar-refractivity contribution in [1.29, 1.82) is 0 Å². The van der Waals surface area contributed by atoms with E-state index < -0.39 is 6.10 Å². The summed E-state index contributed by atoms with van der Waals surface area (Å²) >= 11 is 6.93. The van der Waals surface area contributed by atoms with E-state index in [-0.39, 0.29) is 0 Å². The van der Waals surface area contributed by atoms with Gasteiger partial charge in [-0.1, -0.05) is 50.1 Å². The summed E-state index contributed by atoms with van der Waals surface area (Å²) < 4.78 is 7.46. The summed E-state index contributed by atoms with van der Waals surface area (Å²) in [7, 11) is 0. The van der Waals surface area contributed by atoms with Crippen molar-refractivity contribution in [1.82, 2.24) is 0 Å². The highest BCUT2D eigenvalue weighted by molar-refractivity contribution is 9.11. The number of aliphatic hydroxyl groups excluding tert-OH is 1. The summed E-state index contributed by atoms with van der Waals surface area (Å²) in [6, 6.07) is 12.2. The van der Waals surface area contributed by atoms with Crippen LogP contribution in [0.4, 0.5) is 0 Å². The van der Waals surface area contributed by atoms with Crippen LogP contribution in [-0.4, -0.2) is 11.7 Å². The van der Waals surface area contributed by atoms with E-state index in [1.807, 2.05) is 24.3 Å². The summed E-state index contributed by atoms with van der Waals surface area (Å²) in [5, 5.41) is 10.4. The van der Waals surface area contributed by atoms with Crippen LogP contribution >= 0.6 is 31.9 Å². The fourth-order valence-electron chi connectivity index (χ4n) is 2.63. The molecule has 1 heterocycles. The first-order valence-corrected chi connectivity index (χ1v) is 8.60. The maximum atomic E-state index is 10.4. The van der Waals surface area contributed by atoms with Gasteiger partial charge in [0.05, 0.1) is 12.7 Å². The Balaban J connectivity index is 1.67. The Labute approximate surface area is 141 Å². The molecular weight excluding hydrogens is 396 g/mol. The van der Waals surface area contributed by atoms with Crippen molar-refractivity contribution in [3.63, 3.8) is 0 Å². The molecule has 2 nitrogen and oxygen atoms in total. The quantitative estimate of drug-likeness (QED) is 0.781. The van der Waals surface area contributed by atoms with E-state index in [4.69, 9.17) is 4.74 Å². The van der Waals surface area contributed by atoms with Gasteiger partial charge in [0.15, 0.2) is 0 Å². The summed E-state index contributed by atoms with van der Waals surface area (Å²) in [4.78, 5) is 0. The Morgan fingerprint density at radius 2 is 2.00 bits per heavy atom. The fourth-order valence-corrected chi connectivity index (χ4v) is 3.94. The van der Waals surface area contributed by atoms with Gasteiger partial charge in [-0.05, 0) is 47.7 Å². The van der Waals surface area contributed by atoms with Crippen molar-refractivity contribution in [2.75, 3.05) is 6.61 Å².